The summed E-state index contributed by atoms with van der Waals surface area (Å²) in [4.78, 5) is 19.2. The van der Waals surface area contributed by atoms with Crippen LogP contribution in [0, 0.1) is 6.92 Å². The van der Waals surface area contributed by atoms with Crippen molar-refractivity contribution in [3.8, 4) is 0 Å². The SMILES string of the molecule is Cc1c(Cl)cccc1NC(=O)Nc1ccc2nc[nH]c2c1. The first-order valence-electron chi connectivity index (χ1n) is 6.40. The van der Waals surface area contributed by atoms with E-state index in [2.05, 4.69) is 20.6 Å². The summed E-state index contributed by atoms with van der Waals surface area (Å²) < 4.78 is 0. The van der Waals surface area contributed by atoms with Crippen molar-refractivity contribution in [3.63, 3.8) is 0 Å². The lowest BCUT2D eigenvalue weighted by molar-refractivity contribution is 0.262. The molecule has 2 amide bonds. The number of nitrogens with zero attached hydrogens (tertiary/aromatic N) is 1. The van der Waals surface area contributed by atoms with E-state index in [1.54, 1.807) is 30.6 Å². The summed E-state index contributed by atoms with van der Waals surface area (Å²) in [5.74, 6) is 0. The summed E-state index contributed by atoms with van der Waals surface area (Å²) in [5.41, 5.74) is 3.92. The van der Waals surface area contributed by atoms with Gasteiger partial charge in [0.05, 0.1) is 17.4 Å². The van der Waals surface area contributed by atoms with Crippen molar-refractivity contribution in [3.05, 3.63) is 53.3 Å². The number of nitrogens with one attached hydrogen (secondary N) is 3. The fourth-order valence-corrected chi connectivity index (χ4v) is 2.22. The molecule has 0 aliphatic rings. The summed E-state index contributed by atoms with van der Waals surface area (Å²) in [6.07, 6.45) is 1.61. The predicted molar refractivity (Wildman–Crippen MR) is 84.9 cm³/mol. The molecule has 2 aromatic carbocycles. The van der Waals surface area contributed by atoms with Gasteiger partial charge in [0, 0.05) is 16.4 Å². The number of aromatic amines is 1. The van der Waals surface area contributed by atoms with Crippen molar-refractivity contribution in [2.45, 2.75) is 6.92 Å². The molecule has 106 valence electrons. The quantitative estimate of drug-likeness (QED) is 0.665. The van der Waals surface area contributed by atoms with Crippen LogP contribution >= 0.6 is 11.6 Å². The Labute approximate surface area is 126 Å². The molecule has 0 spiro atoms. The van der Waals surface area contributed by atoms with Gasteiger partial charge in [-0.2, -0.15) is 0 Å². The van der Waals surface area contributed by atoms with Crippen LogP contribution in [0.25, 0.3) is 11.0 Å². The molecule has 0 saturated carbocycles. The zero-order valence-corrected chi connectivity index (χ0v) is 12.0. The van der Waals surface area contributed by atoms with Gasteiger partial charge in [-0.15, -0.1) is 0 Å². The van der Waals surface area contributed by atoms with Crippen molar-refractivity contribution in [1.82, 2.24) is 9.97 Å². The molecular weight excluding hydrogens is 288 g/mol. The second kappa shape index (κ2) is 5.46. The number of H-pyrrole nitrogens is 1. The van der Waals surface area contributed by atoms with E-state index in [0.717, 1.165) is 16.6 Å². The number of benzene rings is 2. The van der Waals surface area contributed by atoms with Crippen molar-refractivity contribution in [1.29, 1.82) is 0 Å². The van der Waals surface area contributed by atoms with E-state index in [-0.39, 0.29) is 6.03 Å². The highest BCUT2D eigenvalue weighted by Crippen LogP contribution is 2.23. The Kier molecular flexibility index (Phi) is 3.50. The normalized spacial score (nSPS) is 10.6. The van der Waals surface area contributed by atoms with Gasteiger partial charge in [-0.25, -0.2) is 9.78 Å². The second-order valence-corrected chi connectivity index (χ2v) is 5.03. The molecule has 0 bridgehead atoms. The maximum atomic E-state index is 12.0. The van der Waals surface area contributed by atoms with Gasteiger partial charge in [-0.3, -0.25) is 0 Å². The molecule has 0 unspecified atom stereocenters. The number of halogens is 1. The highest BCUT2D eigenvalue weighted by Gasteiger charge is 2.07. The van der Waals surface area contributed by atoms with Gasteiger partial charge in [0.25, 0.3) is 0 Å². The van der Waals surface area contributed by atoms with Gasteiger partial charge < -0.3 is 15.6 Å². The van der Waals surface area contributed by atoms with E-state index in [0.29, 0.717) is 16.4 Å². The van der Waals surface area contributed by atoms with Gasteiger partial charge in [-0.1, -0.05) is 17.7 Å². The van der Waals surface area contributed by atoms with Crippen molar-refractivity contribution in [2.24, 2.45) is 0 Å². The van der Waals surface area contributed by atoms with E-state index >= 15 is 0 Å². The number of rotatable bonds is 2. The molecule has 0 saturated heterocycles. The van der Waals surface area contributed by atoms with Crippen LogP contribution in [0.2, 0.25) is 5.02 Å². The van der Waals surface area contributed by atoms with Gasteiger partial charge in [0.15, 0.2) is 0 Å². The summed E-state index contributed by atoms with van der Waals surface area (Å²) in [6.45, 7) is 1.86. The van der Waals surface area contributed by atoms with Crippen LogP contribution in [0.1, 0.15) is 5.56 Å². The largest absolute Gasteiger partial charge is 0.345 e. The molecular formula is C15H13ClN4O. The van der Waals surface area contributed by atoms with Crippen LogP contribution in [0.15, 0.2) is 42.7 Å². The Hall–Kier alpha value is -2.53. The molecule has 1 heterocycles. The minimum absolute atomic E-state index is 0.320. The monoisotopic (exact) mass is 300 g/mol. The Morgan fingerprint density at radius 1 is 1.24 bits per heavy atom. The maximum Gasteiger partial charge on any atom is 0.323 e. The summed E-state index contributed by atoms with van der Waals surface area (Å²) in [5, 5.41) is 6.18. The Morgan fingerprint density at radius 3 is 2.95 bits per heavy atom. The third-order valence-electron chi connectivity index (χ3n) is 3.19. The van der Waals surface area contributed by atoms with E-state index in [1.165, 1.54) is 0 Å². The highest BCUT2D eigenvalue weighted by atomic mass is 35.5. The minimum Gasteiger partial charge on any atom is -0.345 e. The molecule has 3 aromatic rings. The van der Waals surface area contributed by atoms with Gasteiger partial charge in [0.2, 0.25) is 0 Å². The molecule has 6 heteroatoms. The number of hydrogen-bond donors (Lipinski definition) is 3. The van der Waals surface area contributed by atoms with E-state index in [4.69, 9.17) is 11.6 Å². The molecule has 5 nitrogen and oxygen atoms in total. The molecule has 21 heavy (non-hydrogen) atoms. The number of amides is 2. The van der Waals surface area contributed by atoms with Crippen molar-refractivity contribution in [2.75, 3.05) is 10.6 Å². The number of urea groups is 1. The first-order chi connectivity index (χ1) is 10.1. The van der Waals surface area contributed by atoms with Gasteiger partial charge >= 0.3 is 6.03 Å². The van der Waals surface area contributed by atoms with Crippen LogP contribution < -0.4 is 10.6 Å². The van der Waals surface area contributed by atoms with Crippen molar-refractivity contribution >= 4 is 40.0 Å². The number of carbonyl (C=O) groups is 1. The lowest BCUT2D eigenvalue weighted by Crippen LogP contribution is -2.19. The third-order valence-corrected chi connectivity index (χ3v) is 3.60. The van der Waals surface area contributed by atoms with Crippen LogP contribution in [0.4, 0.5) is 16.2 Å². The Morgan fingerprint density at radius 2 is 2.10 bits per heavy atom. The van der Waals surface area contributed by atoms with Crippen LogP contribution in [0.3, 0.4) is 0 Å². The number of fused-ring (bicyclic) bond motifs is 1. The number of hydrogen-bond acceptors (Lipinski definition) is 2. The van der Waals surface area contributed by atoms with Gasteiger partial charge in [0.1, 0.15) is 0 Å². The van der Waals surface area contributed by atoms with E-state index in [1.807, 2.05) is 19.1 Å². The fraction of sp³-hybridized carbons (Fsp3) is 0.0667. The number of aromatic nitrogens is 2. The van der Waals surface area contributed by atoms with E-state index < -0.39 is 0 Å². The average molecular weight is 301 g/mol. The molecule has 1 aromatic heterocycles. The summed E-state index contributed by atoms with van der Waals surface area (Å²) in [6, 6.07) is 10.5. The number of imidazole rings is 1. The highest BCUT2D eigenvalue weighted by molar-refractivity contribution is 6.31. The molecule has 0 radical (unpaired) electrons. The maximum absolute atomic E-state index is 12.0. The first kappa shape index (κ1) is 13.5. The minimum atomic E-state index is -0.320. The zero-order chi connectivity index (χ0) is 14.8. The lowest BCUT2D eigenvalue weighted by Gasteiger charge is -2.10. The lowest BCUT2D eigenvalue weighted by atomic mass is 10.2. The smallest absolute Gasteiger partial charge is 0.323 e. The molecule has 0 aliphatic carbocycles. The topological polar surface area (TPSA) is 69.8 Å². The summed E-state index contributed by atoms with van der Waals surface area (Å²) >= 11 is 6.03. The fourth-order valence-electron chi connectivity index (χ4n) is 2.04. The molecule has 3 rings (SSSR count). The molecule has 3 N–H and O–H groups in total. The number of carbonyl (C=O) groups excluding carboxylic acids is 1. The third kappa shape index (κ3) is 2.83. The van der Waals surface area contributed by atoms with Crippen LogP contribution in [-0.2, 0) is 0 Å². The number of anilines is 2. The molecule has 0 aliphatic heterocycles. The molecule has 0 fully saturated rings. The predicted octanol–water partition coefficient (Wildman–Crippen LogP) is 4.17. The Bertz CT molecular complexity index is 812. The zero-order valence-electron chi connectivity index (χ0n) is 11.3. The van der Waals surface area contributed by atoms with Crippen LogP contribution in [-0.4, -0.2) is 16.0 Å². The first-order valence-corrected chi connectivity index (χ1v) is 6.77. The van der Waals surface area contributed by atoms with E-state index in [9.17, 15) is 4.79 Å². The standard InChI is InChI=1S/C15H13ClN4O/c1-9-11(16)3-2-4-12(9)20-15(21)19-10-5-6-13-14(7-10)18-8-17-13/h2-8H,1H3,(H,17,18)(H2,19,20,21). The average Bonchev–Trinajstić information content (AvgIpc) is 2.91. The second-order valence-electron chi connectivity index (χ2n) is 4.63. The Balaban J connectivity index is 1.75. The van der Waals surface area contributed by atoms with Crippen LogP contribution in [0.5, 0.6) is 0 Å². The molecule has 0 atom stereocenters. The summed E-state index contributed by atoms with van der Waals surface area (Å²) in [7, 11) is 0. The van der Waals surface area contributed by atoms with Crippen molar-refractivity contribution < 1.29 is 4.79 Å². The van der Waals surface area contributed by atoms with Gasteiger partial charge in [-0.05, 0) is 42.8 Å².